The first-order valence-electron chi connectivity index (χ1n) is 0.915. The van der Waals surface area contributed by atoms with E-state index in [0.29, 0.717) is 13.2 Å². The van der Waals surface area contributed by atoms with Crippen molar-refractivity contribution in [2.24, 2.45) is 0 Å². The molecule has 0 amide bonds. The van der Waals surface area contributed by atoms with Crippen molar-refractivity contribution in [2.75, 3.05) is 0 Å². The maximum atomic E-state index is 2.39. The SMILES string of the molecule is C[CH]=[Ru][I]. The molecule has 0 aromatic rings. The van der Waals surface area contributed by atoms with E-state index in [2.05, 4.69) is 31.3 Å². The Labute approximate surface area is 44.3 Å². The zero-order valence-electron chi connectivity index (χ0n) is 2.31. The normalized spacial score (nSPS) is 11.5. The van der Waals surface area contributed by atoms with Gasteiger partial charge in [0, 0.05) is 0 Å². The Hall–Kier alpha value is 1.22. The van der Waals surface area contributed by atoms with Crippen LogP contribution in [0.3, 0.4) is 0 Å². The van der Waals surface area contributed by atoms with Crippen molar-refractivity contribution in [3.63, 3.8) is 0 Å². The summed E-state index contributed by atoms with van der Waals surface area (Å²) in [6.45, 7) is 2.09. The van der Waals surface area contributed by atoms with E-state index < -0.39 is 0 Å². The molecule has 0 rings (SSSR count). The summed E-state index contributed by atoms with van der Waals surface area (Å²) in [4.78, 5) is 0. The summed E-state index contributed by atoms with van der Waals surface area (Å²) in [5.41, 5.74) is 0. The summed E-state index contributed by atoms with van der Waals surface area (Å²) in [5.74, 6) is 0. The van der Waals surface area contributed by atoms with Gasteiger partial charge in [-0.3, -0.25) is 0 Å². The minimum absolute atomic E-state index is 0.584. The van der Waals surface area contributed by atoms with Crippen molar-refractivity contribution >= 4 is 24.4 Å². The predicted octanol–water partition coefficient (Wildman–Crippen LogP) is 1.24. The van der Waals surface area contributed by atoms with E-state index in [-0.39, 0.29) is 0 Å². The second kappa shape index (κ2) is 4.22. The van der Waals surface area contributed by atoms with Crippen LogP contribution in [0.4, 0.5) is 0 Å². The van der Waals surface area contributed by atoms with E-state index in [9.17, 15) is 0 Å². The summed E-state index contributed by atoms with van der Waals surface area (Å²) < 4.78 is 2.20. The topological polar surface area (TPSA) is 0 Å². The Morgan fingerprint density at radius 2 is 2.25 bits per heavy atom. The molecule has 0 aliphatic rings. The van der Waals surface area contributed by atoms with Gasteiger partial charge in [0.05, 0.1) is 0 Å². The zero-order chi connectivity index (χ0) is 3.41. The number of rotatable bonds is 0. The van der Waals surface area contributed by atoms with Crippen LogP contribution in [0.2, 0.25) is 0 Å². The van der Waals surface area contributed by atoms with Crippen LogP contribution in [0.15, 0.2) is 0 Å². The van der Waals surface area contributed by atoms with Gasteiger partial charge in [-0.1, -0.05) is 0 Å². The van der Waals surface area contributed by atoms with Crippen molar-refractivity contribution in [3.8, 4) is 0 Å². The molecule has 0 N–H and O–H groups in total. The average Bonchev–Trinajstić information content (AvgIpc) is 1.37. The summed E-state index contributed by atoms with van der Waals surface area (Å²) in [7, 11) is 0. The van der Waals surface area contributed by atoms with E-state index in [4.69, 9.17) is 0 Å². The first-order chi connectivity index (χ1) is 1.91. The third-order valence-corrected chi connectivity index (χ3v) is 3.06. The van der Waals surface area contributed by atoms with Gasteiger partial charge in [-0.2, -0.15) is 0 Å². The third kappa shape index (κ3) is 3.22. The van der Waals surface area contributed by atoms with Crippen LogP contribution in [0.25, 0.3) is 0 Å². The molecule has 0 aromatic heterocycles. The van der Waals surface area contributed by atoms with Gasteiger partial charge in [0.25, 0.3) is 0 Å². The fourth-order valence-electron chi connectivity index (χ4n) is 0. The minimum atomic E-state index is 0.584. The Bertz CT molecular complexity index is 21.2. The predicted molar refractivity (Wildman–Crippen MR) is 25.8 cm³/mol. The summed E-state index contributed by atoms with van der Waals surface area (Å²) >= 11 is 2.97. The molecular formula is C2H4IRu. The molecule has 0 fully saturated rings. The Morgan fingerprint density at radius 1 is 2.00 bits per heavy atom. The van der Waals surface area contributed by atoms with Crippen molar-refractivity contribution in [2.45, 2.75) is 6.92 Å². The van der Waals surface area contributed by atoms with Crippen LogP contribution in [0.5, 0.6) is 0 Å². The van der Waals surface area contributed by atoms with E-state index >= 15 is 0 Å². The van der Waals surface area contributed by atoms with Gasteiger partial charge >= 0.3 is 44.4 Å². The molecule has 0 heterocycles. The molecule has 0 radical (unpaired) electrons. The number of halogens is 1. The third-order valence-electron chi connectivity index (χ3n) is 0.0772. The zero-order valence-corrected chi connectivity index (χ0v) is 6.20. The molecule has 4 heavy (non-hydrogen) atoms. The molecule has 0 aromatic carbocycles. The molecule has 0 unspecified atom stereocenters. The van der Waals surface area contributed by atoms with Crippen molar-refractivity contribution in [1.82, 2.24) is 0 Å². The molecule has 0 aliphatic heterocycles. The van der Waals surface area contributed by atoms with Crippen LogP contribution in [0, 0.1) is 0 Å². The van der Waals surface area contributed by atoms with Crippen LogP contribution < -0.4 is 0 Å². The van der Waals surface area contributed by atoms with Gasteiger partial charge in [0.15, 0.2) is 0 Å². The Morgan fingerprint density at radius 3 is 2.25 bits per heavy atom. The second-order valence-electron chi connectivity index (χ2n) is 0.281. The summed E-state index contributed by atoms with van der Waals surface area (Å²) in [5, 5.41) is 0. The molecule has 0 saturated heterocycles. The van der Waals surface area contributed by atoms with Crippen LogP contribution in [-0.2, 0) is 13.2 Å². The van der Waals surface area contributed by atoms with E-state index in [1.165, 1.54) is 0 Å². The first-order valence-corrected chi connectivity index (χ1v) is 7.09. The second-order valence-corrected chi connectivity index (χ2v) is 4.27. The summed E-state index contributed by atoms with van der Waals surface area (Å²) in [6.07, 6.45) is 0. The molecule has 0 aliphatic carbocycles. The first kappa shape index (κ1) is 5.22. The average molecular weight is 256 g/mol. The van der Waals surface area contributed by atoms with Gasteiger partial charge < -0.3 is 0 Å². The molecule has 0 spiro atoms. The molecule has 0 saturated carbocycles. The van der Waals surface area contributed by atoms with E-state index in [1.807, 2.05) is 0 Å². The molecule has 27 valence electrons. The van der Waals surface area contributed by atoms with Gasteiger partial charge in [0.1, 0.15) is 0 Å². The van der Waals surface area contributed by atoms with Crippen molar-refractivity contribution in [1.29, 1.82) is 0 Å². The van der Waals surface area contributed by atoms with Crippen LogP contribution in [-0.4, -0.2) is 4.61 Å². The summed E-state index contributed by atoms with van der Waals surface area (Å²) in [6, 6.07) is 0. The Kier molecular flexibility index (Phi) is 5.52. The number of hydrogen-bond acceptors (Lipinski definition) is 0. The van der Waals surface area contributed by atoms with Crippen LogP contribution >= 0.6 is 19.8 Å². The standard InChI is InChI=1S/C2H4.HI.Ru/c1-2;;/h1H,2H3;1H;/q;;+1/p-1. The molecule has 2 heteroatoms. The Balaban J connectivity index is 2.55. The van der Waals surface area contributed by atoms with E-state index in [0.717, 1.165) is 0 Å². The van der Waals surface area contributed by atoms with Crippen LogP contribution in [0.1, 0.15) is 6.92 Å². The van der Waals surface area contributed by atoms with Crippen molar-refractivity contribution in [3.05, 3.63) is 0 Å². The monoisotopic (exact) mass is 257 g/mol. The van der Waals surface area contributed by atoms with Crippen molar-refractivity contribution < 1.29 is 13.2 Å². The fourth-order valence-corrected chi connectivity index (χ4v) is 0. The maximum absolute atomic E-state index is 2.39. The molecular weight excluding hydrogens is 252 g/mol. The van der Waals surface area contributed by atoms with Gasteiger partial charge in [0.2, 0.25) is 0 Å². The molecule has 0 nitrogen and oxygen atoms in total. The van der Waals surface area contributed by atoms with Gasteiger partial charge in [-0.25, -0.2) is 0 Å². The van der Waals surface area contributed by atoms with Gasteiger partial charge in [-0.15, -0.1) is 0 Å². The molecule has 0 bridgehead atoms. The fraction of sp³-hybridized carbons (Fsp3) is 0.500. The quantitative estimate of drug-likeness (QED) is 0.452. The van der Waals surface area contributed by atoms with E-state index in [1.54, 1.807) is 0 Å². The number of hydrogen-bond donors (Lipinski definition) is 0. The molecule has 0 atom stereocenters. The van der Waals surface area contributed by atoms with Gasteiger partial charge in [-0.05, 0) is 0 Å².